The average Bonchev–Trinajstić information content (AvgIpc) is 2.03. The van der Waals surface area contributed by atoms with Crippen molar-refractivity contribution in [1.29, 1.82) is 0 Å². The Bertz CT molecular complexity index is 237. The van der Waals surface area contributed by atoms with Gasteiger partial charge in [-0.25, -0.2) is 15.2 Å². The van der Waals surface area contributed by atoms with Crippen molar-refractivity contribution in [2.24, 2.45) is 0 Å². The van der Waals surface area contributed by atoms with Gasteiger partial charge >= 0.3 is 6.09 Å². The molecule has 0 aromatic carbocycles. The number of amides is 1. The lowest BCUT2D eigenvalue weighted by Crippen LogP contribution is -2.27. The van der Waals surface area contributed by atoms with Gasteiger partial charge in [-0.05, 0) is 12.1 Å². The summed E-state index contributed by atoms with van der Waals surface area (Å²) in [5.74, 6) is 0.468. The Kier molecular flexibility index (Phi) is 2.27. The van der Waals surface area contributed by atoms with Crippen LogP contribution in [0, 0.1) is 0 Å². The van der Waals surface area contributed by atoms with Crippen LogP contribution < -0.4 is 10.9 Å². The molecule has 5 nitrogen and oxygen atoms in total. The summed E-state index contributed by atoms with van der Waals surface area (Å²) in [6.07, 6.45) is 0.418. The molecular weight excluding hydrogens is 146 g/mol. The molecule has 1 heterocycles. The maximum atomic E-state index is 9.97. The SMILES string of the molecule is O=C(O)NNc1ccccn1. The molecule has 3 N–H and O–H groups in total. The van der Waals surface area contributed by atoms with Gasteiger partial charge in [0.05, 0.1) is 0 Å². The zero-order valence-electron chi connectivity index (χ0n) is 5.61. The standard InChI is InChI=1S/C6H7N3O2/c10-6(11)9-8-5-3-1-2-4-7-5/h1-4,9H,(H,7,8)(H,10,11). The van der Waals surface area contributed by atoms with Gasteiger partial charge in [-0.1, -0.05) is 6.07 Å². The van der Waals surface area contributed by atoms with Crippen LogP contribution >= 0.6 is 0 Å². The smallest absolute Gasteiger partial charge is 0.423 e. The van der Waals surface area contributed by atoms with Crippen molar-refractivity contribution in [2.75, 3.05) is 5.43 Å². The summed E-state index contributed by atoms with van der Waals surface area (Å²) in [6, 6.07) is 5.14. The molecule has 0 atom stereocenters. The van der Waals surface area contributed by atoms with E-state index in [2.05, 4.69) is 10.4 Å². The second-order valence-electron chi connectivity index (χ2n) is 1.77. The fourth-order valence-electron chi connectivity index (χ4n) is 0.554. The maximum absolute atomic E-state index is 9.97. The fraction of sp³-hybridized carbons (Fsp3) is 0. The number of carboxylic acid groups (broad SMARTS) is 1. The molecule has 0 spiro atoms. The van der Waals surface area contributed by atoms with Gasteiger partial charge in [0.15, 0.2) is 0 Å². The molecule has 11 heavy (non-hydrogen) atoms. The number of nitrogens with one attached hydrogen (secondary N) is 2. The van der Waals surface area contributed by atoms with Crippen LogP contribution in [0.1, 0.15) is 0 Å². The van der Waals surface area contributed by atoms with Gasteiger partial charge in [-0.2, -0.15) is 0 Å². The van der Waals surface area contributed by atoms with Gasteiger partial charge in [0, 0.05) is 6.20 Å². The Morgan fingerprint density at radius 1 is 1.55 bits per heavy atom. The zero-order chi connectivity index (χ0) is 8.10. The van der Waals surface area contributed by atoms with Crippen molar-refractivity contribution >= 4 is 11.9 Å². The molecule has 0 fully saturated rings. The van der Waals surface area contributed by atoms with Crippen LogP contribution in [0.2, 0.25) is 0 Å². The van der Waals surface area contributed by atoms with Crippen LogP contribution in [0.25, 0.3) is 0 Å². The van der Waals surface area contributed by atoms with Crippen LogP contribution in [0.5, 0.6) is 0 Å². The third-order valence-electron chi connectivity index (χ3n) is 0.962. The molecule has 0 aliphatic carbocycles. The third-order valence-corrected chi connectivity index (χ3v) is 0.962. The summed E-state index contributed by atoms with van der Waals surface area (Å²) in [4.78, 5) is 13.8. The first-order chi connectivity index (χ1) is 5.29. The number of hydrogen-bond donors (Lipinski definition) is 3. The maximum Gasteiger partial charge on any atom is 0.423 e. The van der Waals surface area contributed by atoms with E-state index in [0.29, 0.717) is 5.82 Å². The van der Waals surface area contributed by atoms with Crippen LogP contribution in [0.15, 0.2) is 24.4 Å². The second kappa shape index (κ2) is 3.40. The van der Waals surface area contributed by atoms with E-state index >= 15 is 0 Å². The predicted molar refractivity (Wildman–Crippen MR) is 39.0 cm³/mol. The molecule has 0 radical (unpaired) electrons. The van der Waals surface area contributed by atoms with Crippen LogP contribution in [-0.2, 0) is 0 Å². The lowest BCUT2D eigenvalue weighted by atomic mass is 10.5. The molecule has 0 saturated carbocycles. The van der Waals surface area contributed by atoms with Crippen molar-refractivity contribution in [3.63, 3.8) is 0 Å². The van der Waals surface area contributed by atoms with Crippen molar-refractivity contribution in [2.45, 2.75) is 0 Å². The number of pyridine rings is 1. The molecule has 0 bridgehead atoms. The third kappa shape index (κ3) is 2.53. The van der Waals surface area contributed by atoms with Gasteiger partial charge in [0.25, 0.3) is 0 Å². The van der Waals surface area contributed by atoms with Gasteiger partial charge in [-0.15, -0.1) is 0 Å². The summed E-state index contributed by atoms with van der Waals surface area (Å²) in [7, 11) is 0. The number of hydrogen-bond acceptors (Lipinski definition) is 3. The quantitative estimate of drug-likeness (QED) is 0.546. The summed E-state index contributed by atoms with van der Waals surface area (Å²) in [5.41, 5.74) is 4.35. The van der Waals surface area contributed by atoms with Crippen molar-refractivity contribution in [3.05, 3.63) is 24.4 Å². The van der Waals surface area contributed by atoms with Crippen LogP contribution in [-0.4, -0.2) is 16.2 Å². The van der Waals surface area contributed by atoms with Gasteiger partial charge in [0.1, 0.15) is 5.82 Å². The Labute approximate surface area is 63.0 Å². The lowest BCUT2D eigenvalue weighted by molar-refractivity contribution is 0.197. The monoisotopic (exact) mass is 153 g/mol. The van der Waals surface area contributed by atoms with E-state index < -0.39 is 6.09 Å². The van der Waals surface area contributed by atoms with E-state index in [1.807, 2.05) is 5.43 Å². The first kappa shape index (κ1) is 7.33. The zero-order valence-corrected chi connectivity index (χ0v) is 5.61. The highest BCUT2D eigenvalue weighted by molar-refractivity contribution is 5.66. The number of carbonyl (C=O) groups is 1. The molecule has 0 unspecified atom stereocenters. The molecule has 5 heteroatoms. The molecule has 1 aromatic heterocycles. The summed E-state index contributed by atoms with van der Waals surface area (Å²) < 4.78 is 0. The van der Waals surface area contributed by atoms with Gasteiger partial charge < -0.3 is 5.11 Å². The number of aromatic nitrogens is 1. The highest BCUT2D eigenvalue weighted by Gasteiger charge is 1.92. The topological polar surface area (TPSA) is 74.2 Å². The number of nitrogens with zero attached hydrogens (tertiary/aromatic N) is 1. The van der Waals surface area contributed by atoms with Crippen LogP contribution in [0.4, 0.5) is 10.6 Å². The first-order valence-electron chi connectivity index (χ1n) is 2.95. The number of hydrazine groups is 1. The number of rotatable bonds is 2. The van der Waals surface area contributed by atoms with Crippen molar-refractivity contribution in [3.8, 4) is 0 Å². The van der Waals surface area contributed by atoms with Gasteiger partial charge in [0.2, 0.25) is 0 Å². The van der Waals surface area contributed by atoms with Crippen LogP contribution in [0.3, 0.4) is 0 Å². The normalized spacial score (nSPS) is 8.73. The molecule has 1 rings (SSSR count). The minimum absolute atomic E-state index is 0.468. The Balaban J connectivity index is 2.45. The highest BCUT2D eigenvalue weighted by atomic mass is 16.4. The van der Waals surface area contributed by atoms with Gasteiger partial charge in [-0.3, -0.25) is 5.43 Å². The molecule has 0 aliphatic rings. The number of anilines is 1. The van der Waals surface area contributed by atoms with E-state index in [9.17, 15) is 4.79 Å². The largest absolute Gasteiger partial charge is 0.464 e. The predicted octanol–water partition coefficient (Wildman–Crippen LogP) is 0.676. The van der Waals surface area contributed by atoms with E-state index in [1.54, 1.807) is 24.4 Å². The first-order valence-corrected chi connectivity index (χ1v) is 2.95. The van der Waals surface area contributed by atoms with E-state index in [4.69, 9.17) is 5.11 Å². The molecule has 1 amide bonds. The second-order valence-corrected chi connectivity index (χ2v) is 1.77. The summed E-state index contributed by atoms with van der Waals surface area (Å²) in [5, 5.41) is 8.17. The lowest BCUT2D eigenvalue weighted by Gasteiger charge is -2.01. The Morgan fingerprint density at radius 2 is 2.36 bits per heavy atom. The fourth-order valence-corrected chi connectivity index (χ4v) is 0.554. The Morgan fingerprint density at radius 3 is 2.91 bits per heavy atom. The van der Waals surface area contributed by atoms with Crippen molar-refractivity contribution < 1.29 is 9.90 Å². The Hall–Kier alpha value is -1.78. The highest BCUT2D eigenvalue weighted by Crippen LogP contribution is 1.96. The summed E-state index contributed by atoms with van der Waals surface area (Å²) >= 11 is 0. The van der Waals surface area contributed by atoms with Crippen molar-refractivity contribution in [1.82, 2.24) is 10.4 Å². The van der Waals surface area contributed by atoms with E-state index in [-0.39, 0.29) is 0 Å². The average molecular weight is 153 g/mol. The molecule has 0 aliphatic heterocycles. The summed E-state index contributed by atoms with van der Waals surface area (Å²) in [6.45, 7) is 0. The van der Waals surface area contributed by atoms with E-state index in [1.165, 1.54) is 0 Å². The molecule has 0 saturated heterocycles. The molecule has 58 valence electrons. The minimum Gasteiger partial charge on any atom is -0.464 e. The molecular formula is C6H7N3O2. The molecule has 1 aromatic rings. The van der Waals surface area contributed by atoms with E-state index in [0.717, 1.165) is 0 Å². The minimum atomic E-state index is -1.14.